The fourth-order valence-electron chi connectivity index (χ4n) is 2.65. The van der Waals surface area contributed by atoms with E-state index in [2.05, 4.69) is 16.0 Å². The number of rotatable bonds is 14. The molecule has 2 atom stereocenters. The number of carbonyl (C=O) groups is 5. The van der Waals surface area contributed by atoms with Crippen molar-refractivity contribution in [1.82, 2.24) is 16.0 Å². The Labute approximate surface area is 173 Å². The van der Waals surface area contributed by atoms with Gasteiger partial charge in [-0.25, -0.2) is 4.79 Å². The number of hydrogen-bond donors (Lipinski definition) is 4. The first-order valence-electron chi connectivity index (χ1n) is 9.96. The molecular formula is C19H34BN4O5. The molecule has 0 rings (SSSR count). The molecule has 0 heterocycles. The van der Waals surface area contributed by atoms with Crippen LogP contribution in [-0.4, -0.2) is 55.2 Å². The van der Waals surface area contributed by atoms with E-state index < -0.39 is 24.0 Å². The highest BCUT2D eigenvalue weighted by molar-refractivity contribution is 6.73. The van der Waals surface area contributed by atoms with Crippen molar-refractivity contribution in [2.24, 2.45) is 17.6 Å². The zero-order valence-corrected chi connectivity index (χ0v) is 18.0. The predicted octanol–water partition coefficient (Wildman–Crippen LogP) is 0.345. The molecule has 0 saturated carbocycles. The van der Waals surface area contributed by atoms with Crippen molar-refractivity contribution in [3.8, 4) is 0 Å². The van der Waals surface area contributed by atoms with E-state index in [0.717, 1.165) is 0 Å². The topological polar surface area (TPSA) is 147 Å². The highest BCUT2D eigenvalue weighted by Gasteiger charge is 2.29. The molecule has 1 radical (unpaired) electrons. The Morgan fingerprint density at radius 3 is 2.10 bits per heavy atom. The Hall–Kier alpha value is -2.39. The zero-order chi connectivity index (χ0) is 22.6. The molecule has 29 heavy (non-hydrogen) atoms. The van der Waals surface area contributed by atoms with E-state index in [0.29, 0.717) is 25.7 Å². The second kappa shape index (κ2) is 13.7. The van der Waals surface area contributed by atoms with Gasteiger partial charge >= 0.3 is 6.03 Å². The smallest absolute Gasteiger partial charge is 0.312 e. The first kappa shape index (κ1) is 26.6. The summed E-state index contributed by atoms with van der Waals surface area (Å²) in [7, 11) is 1.42. The molecule has 10 heteroatoms. The summed E-state index contributed by atoms with van der Waals surface area (Å²) in [6.07, 6.45) is 1.21. The van der Waals surface area contributed by atoms with Crippen LogP contribution in [0.25, 0.3) is 0 Å². The lowest BCUT2D eigenvalue weighted by Crippen LogP contribution is -2.54. The van der Waals surface area contributed by atoms with Gasteiger partial charge in [0.25, 0.3) is 0 Å². The van der Waals surface area contributed by atoms with Crippen LogP contribution in [0.4, 0.5) is 4.79 Å². The van der Waals surface area contributed by atoms with Gasteiger partial charge in [0, 0.05) is 18.9 Å². The van der Waals surface area contributed by atoms with Gasteiger partial charge < -0.3 is 26.5 Å². The summed E-state index contributed by atoms with van der Waals surface area (Å²) in [5, 5.41) is 7.86. The summed E-state index contributed by atoms with van der Waals surface area (Å²) in [5.74, 6) is -1.37. The van der Waals surface area contributed by atoms with E-state index in [4.69, 9.17) is 5.73 Å². The standard InChI is InChI=1S/C19H34BN4O5/c1-11(2)16(24-15(26)8-9-20-13(5)25)18(28)23-14(17(27)12(3)4)7-6-10-22-19(21)29/h11-12,14,16H,6-10H2,1-5H3,(H,23,28)(H,24,26)(H3,21,22,29). The van der Waals surface area contributed by atoms with E-state index in [1.165, 1.54) is 14.2 Å². The summed E-state index contributed by atoms with van der Waals surface area (Å²) < 4.78 is 0. The van der Waals surface area contributed by atoms with Crippen LogP contribution in [0, 0.1) is 11.8 Å². The van der Waals surface area contributed by atoms with Crippen molar-refractivity contribution in [3.63, 3.8) is 0 Å². The Morgan fingerprint density at radius 2 is 1.62 bits per heavy atom. The van der Waals surface area contributed by atoms with Gasteiger partial charge in [-0.2, -0.15) is 0 Å². The van der Waals surface area contributed by atoms with E-state index >= 15 is 0 Å². The molecule has 4 amide bonds. The second-order valence-electron chi connectivity index (χ2n) is 7.69. The second-order valence-corrected chi connectivity index (χ2v) is 7.69. The number of urea groups is 1. The molecule has 163 valence electrons. The SMILES string of the molecule is CC(=O)[B]CCC(=O)NC(C(=O)NC(CCCNC(N)=O)C(=O)C(C)C)C(C)C. The number of nitrogens with two attached hydrogens (primary N) is 1. The van der Waals surface area contributed by atoms with Crippen LogP contribution < -0.4 is 21.7 Å². The van der Waals surface area contributed by atoms with Crippen LogP contribution in [0.2, 0.25) is 6.32 Å². The summed E-state index contributed by atoms with van der Waals surface area (Å²) in [4.78, 5) is 59.0. The molecule has 0 spiro atoms. The highest BCUT2D eigenvalue weighted by Crippen LogP contribution is 2.09. The van der Waals surface area contributed by atoms with Crippen LogP contribution in [0.5, 0.6) is 0 Å². The van der Waals surface area contributed by atoms with Crippen LogP contribution >= 0.6 is 0 Å². The molecule has 0 aliphatic heterocycles. The van der Waals surface area contributed by atoms with Crippen molar-refractivity contribution in [1.29, 1.82) is 0 Å². The predicted molar refractivity (Wildman–Crippen MR) is 111 cm³/mol. The minimum atomic E-state index is -0.800. The van der Waals surface area contributed by atoms with Crippen LogP contribution in [0.1, 0.15) is 53.9 Å². The highest BCUT2D eigenvalue weighted by atomic mass is 16.2. The van der Waals surface area contributed by atoms with Crippen molar-refractivity contribution < 1.29 is 24.0 Å². The van der Waals surface area contributed by atoms with E-state index in [-0.39, 0.29) is 35.6 Å². The molecule has 0 aliphatic carbocycles. The molecule has 0 aromatic carbocycles. The van der Waals surface area contributed by atoms with E-state index in [1.54, 1.807) is 27.7 Å². The summed E-state index contributed by atoms with van der Waals surface area (Å²) >= 11 is 0. The monoisotopic (exact) mass is 409 g/mol. The number of hydrogen-bond acceptors (Lipinski definition) is 5. The third kappa shape index (κ3) is 11.9. The number of ketones is 1. The molecule has 0 aliphatic rings. The van der Waals surface area contributed by atoms with Gasteiger partial charge in [0.15, 0.2) is 5.78 Å². The van der Waals surface area contributed by atoms with Crippen molar-refractivity contribution in [2.45, 2.75) is 72.3 Å². The third-order valence-electron chi connectivity index (χ3n) is 4.27. The number of carbonyl (C=O) groups excluding carboxylic acids is 5. The minimum Gasteiger partial charge on any atom is -0.352 e. The summed E-state index contributed by atoms with van der Waals surface area (Å²) in [6, 6.07) is -2.17. The number of primary amides is 1. The quantitative estimate of drug-likeness (QED) is 0.241. The molecule has 0 saturated heterocycles. The molecule has 0 aromatic heterocycles. The molecule has 0 fully saturated rings. The average molecular weight is 409 g/mol. The van der Waals surface area contributed by atoms with Gasteiger partial charge in [-0.05, 0) is 25.7 Å². The Morgan fingerprint density at radius 1 is 1.00 bits per heavy atom. The largest absolute Gasteiger partial charge is 0.352 e. The van der Waals surface area contributed by atoms with Gasteiger partial charge in [0.1, 0.15) is 6.04 Å². The van der Waals surface area contributed by atoms with Crippen LogP contribution in [0.3, 0.4) is 0 Å². The maximum absolute atomic E-state index is 12.8. The maximum Gasteiger partial charge on any atom is 0.312 e. The molecule has 9 nitrogen and oxygen atoms in total. The third-order valence-corrected chi connectivity index (χ3v) is 4.27. The van der Waals surface area contributed by atoms with Crippen molar-refractivity contribution in [2.75, 3.05) is 6.54 Å². The summed E-state index contributed by atoms with van der Waals surface area (Å²) in [6.45, 7) is 8.79. The fourth-order valence-corrected chi connectivity index (χ4v) is 2.65. The Bertz CT molecular complexity index is 595. The molecule has 0 bridgehead atoms. The molecule has 0 aromatic rings. The lowest BCUT2D eigenvalue weighted by atomic mass is 9.69. The van der Waals surface area contributed by atoms with Crippen LogP contribution in [0.15, 0.2) is 0 Å². The molecule has 5 N–H and O–H groups in total. The van der Waals surface area contributed by atoms with Gasteiger partial charge in [-0.15, -0.1) is 0 Å². The van der Waals surface area contributed by atoms with Crippen molar-refractivity contribution in [3.05, 3.63) is 0 Å². The first-order valence-corrected chi connectivity index (χ1v) is 9.96. The Kier molecular flexibility index (Phi) is 12.6. The fraction of sp³-hybridized carbons (Fsp3) is 0.737. The van der Waals surface area contributed by atoms with Gasteiger partial charge in [-0.1, -0.05) is 34.0 Å². The van der Waals surface area contributed by atoms with Crippen molar-refractivity contribution >= 4 is 36.6 Å². The number of nitrogens with one attached hydrogen (secondary N) is 3. The van der Waals surface area contributed by atoms with E-state index in [9.17, 15) is 24.0 Å². The van der Waals surface area contributed by atoms with Gasteiger partial charge in [-0.3, -0.25) is 14.4 Å². The van der Waals surface area contributed by atoms with Gasteiger partial charge in [0.05, 0.1) is 11.7 Å². The Balaban J connectivity index is 4.94. The molecular weight excluding hydrogens is 375 g/mol. The first-order chi connectivity index (χ1) is 13.5. The minimum absolute atomic E-state index is 0.100. The number of Topliss-reactive ketones (excluding diaryl/α,β-unsaturated/α-hetero) is 1. The summed E-state index contributed by atoms with van der Waals surface area (Å²) in [5.41, 5.74) is 4.91. The average Bonchev–Trinajstić information content (AvgIpc) is 2.60. The zero-order valence-electron chi connectivity index (χ0n) is 18.0. The van der Waals surface area contributed by atoms with Crippen LogP contribution in [-0.2, 0) is 19.2 Å². The maximum atomic E-state index is 12.8. The lowest BCUT2D eigenvalue weighted by molar-refractivity contribution is -0.133. The number of amides is 4. The normalized spacial score (nSPS) is 12.8. The van der Waals surface area contributed by atoms with Gasteiger partial charge in [0.2, 0.25) is 19.1 Å². The molecule has 2 unspecified atom stereocenters. The lowest BCUT2D eigenvalue weighted by Gasteiger charge is -2.26. The van der Waals surface area contributed by atoms with E-state index in [1.807, 2.05) is 0 Å².